The Kier molecular flexibility index (Phi) is 2.09. The second kappa shape index (κ2) is 3.62. The number of aromatic amines is 1. The normalized spacial score (nSPS) is 12.8. The van der Waals surface area contributed by atoms with Crippen molar-refractivity contribution >= 4 is 36.2 Å². The van der Waals surface area contributed by atoms with Crippen molar-refractivity contribution in [2.45, 2.75) is 0 Å². The monoisotopic (exact) mass is 244 g/mol. The Labute approximate surface area is 101 Å². The summed E-state index contributed by atoms with van der Waals surface area (Å²) in [5, 5.41) is 6.97. The topological polar surface area (TPSA) is 91.0 Å². The van der Waals surface area contributed by atoms with E-state index in [1.54, 1.807) is 24.1 Å². The zero-order chi connectivity index (χ0) is 12.7. The average Bonchev–Trinajstić information content (AvgIpc) is 2.87. The Balaban J connectivity index is 2.00. The summed E-state index contributed by atoms with van der Waals surface area (Å²) in [6.45, 7) is 3.70. The van der Waals surface area contributed by atoms with Crippen LogP contribution >= 0.6 is 0 Å². The largest absolute Gasteiger partial charge is 0.319 e. The molecule has 1 aliphatic rings. The maximum Gasteiger partial charge on any atom is 0.319 e. The molecule has 8 heteroatoms. The minimum Gasteiger partial charge on any atom is -0.309 e. The number of hydrogen-bond acceptors (Lipinski definition) is 5. The molecule has 0 amide bonds. The fourth-order valence-electron chi connectivity index (χ4n) is 1.64. The van der Waals surface area contributed by atoms with Crippen molar-refractivity contribution in [3.05, 3.63) is 22.7 Å². The molecule has 0 atom stereocenters. The molecule has 0 aromatic carbocycles. The molecule has 0 bridgehead atoms. The molecular weight excluding hydrogens is 234 g/mol. The molecular formula is C10H10N7O+. The molecule has 18 heavy (non-hydrogen) atoms. The van der Waals surface area contributed by atoms with E-state index in [9.17, 15) is 4.79 Å². The van der Waals surface area contributed by atoms with Gasteiger partial charge in [-0.2, -0.15) is 5.10 Å². The summed E-state index contributed by atoms with van der Waals surface area (Å²) in [4.78, 5) is 22.5. The smallest absolute Gasteiger partial charge is 0.309 e. The van der Waals surface area contributed by atoms with Crippen LogP contribution in [0.4, 0.5) is 23.1 Å². The van der Waals surface area contributed by atoms with Gasteiger partial charge in [-0.05, 0) is 0 Å². The first-order valence-electron chi connectivity index (χ1n) is 5.17. The van der Waals surface area contributed by atoms with E-state index < -0.39 is 0 Å². The van der Waals surface area contributed by atoms with Crippen LogP contribution < -0.4 is 10.9 Å². The van der Waals surface area contributed by atoms with Crippen LogP contribution in [0.2, 0.25) is 0 Å². The molecule has 2 aromatic rings. The van der Waals surface area contributed by atoms with Crippen LogP contribution in [0.5, 0.6) is 0 Å². The molecule has 1 aliphatic heterocycles. The van der Waals surface area contributed by atoms with E-state index >= 15 is 0 Å². The molecule has 8 nitrogen and oxygen atoms in total. The summed E-state index contributed by atoms with van der Waals surface area (Å²) in [7, 11) is 1.80. The van der Waals surface area contributed by atoms with Gasteiger partial charge in [-0.3, -0.25) is 14.5 Å². The summed E-state index contributed by atoms with van der Waals surface area (Å²) in [6.07, 6.45) is 4.85. The second-order valence-electron chi connectivity index (χ2n) is 3.83. The van der Waals surface area contributed by atoms with Crippen LogP contribution in [0.25, 0.3) is 0 Å². The third-order valence-corrected chi connectivity index (χ3v) is 2.44. The molecule has 2 N–H and O–H groups in total. The van der Waals surface area contributed by atoms with Crippen LogP contribution in [-0.4, -0.2) is 37.4 Å². The Hall–Kier alpha value is -2.77. The van der Waals surface area contributed by atoms with E-state index in [-0.39, 0.29) is 11.2 Å². The summed E-state index contributed by atoms with van der Waals surface area (Å²) >= 11 is 0. The van der Waals surface area contributed by atoms with Gasteiger partial charge in [0.1, 0.15) is 0 Å². The number of hydrogen-bond donors (Lipinski definition) is 2. The van der Waals surface area contributed by atoms with Crippen molar-refractivity contribution in [2.75, 3.05) is 5.32 Å². The molecule has 0 spiro atoms. The maximum absolute atomic E-state index is 11.7. The van der Waals surface area contributed by atoms with Crippen LogP contribution in [-0.2, 0) is 7.05 Å². The van der Waals surface area contributed by atoms with Gasteiger partial charge < -0.3 is 5.32 Å². The third-order valence-electron chi connectivity index (χ3n) is 2.44. The lowest BCUT2D eigenvalue weighted by molar-refractivity contribution is -0.282. The lowest BCUT2D eigenvalue weighted by Gasteiger charge is -1.99. The molecule has 90 valence electrons. The maximum atomic E-state index is 11.7. The SMILES string of the molecule is C=[N+]1C=Nc2c1nc(Nc1cnn(C)c1)[nH]c2=O. The molecule has 0 fully saturated rings. The highest BCUT2D eigenvalue weighted by molar-refractivity contribution is 5.72. The van der Waals surface area contributed by atoms with Crippen LogP contribution in [0, 0.1) is 0 Å². The van der Waals surface area contributed by atoms with E-state index in [2.05, 4.69) is 32.1 Å². The van der Waals surface area contributed by atoms with Gasteiger partial charge in [0.2, 0.25) is 6.34 Å². The highest BCUT2D eigenvalue weighted by Gasteiger charge is 2.25. The quantitative estimate of drug-likeness (QED) is 0.741. The predicted octanol–water partition coefficient (Wildman–Crippen LogP) is 0.265. The summed E-state index contributed by atoms with van der Waals surface area (Å²) in [5.74, 6) is 0.746. The van der Waals surface area contributed by atoms with Gasteiger partial charge in [0.25, 0.3) is 11.6 Å². The van der Waals surface area contributed by atoms with Gasteiger partial charge in [0.15, 0.2) is 0 Å². The number of aliphatic imine (C=N–C) groups is 1. The number of rotatable bonds is 2. The van der Waals surface area contributed by atoms with Crippen LogP contribution in [0.15, 0.2) is 22.2 Å². The number of aryl methyl sites for hydroxylation is 1. The van der Waals surface area contributed by atoms with Crippen molar-refractivity contribution in [1.29, 1.82) is 0 Å². The molecule has 0 aliphatic carbocycles. The number of nitrogens with zero attached hydrogens (tertiary/aromatic N) is 5. The van der Waals surface area contributed by atoms with Gasteiger partial charge in [-0.25, -0.2) is 4.58 Å². The minimum atomic E-state index is -0.311. The standard InChI is InChI=1S/C10H9N7O/c1-16-5-11-7-8(16)14-10(15-9(7)18)13-6-3-12-17(2)4-6/h3-5H,1H2,2H3,(H-,13,14,15,18)/p+1. The van der Waals surface area contributed by atoms with Crippen molar-refractivity contribution < 1.29 is 4.58 Å². The number of anilines is 2. The first-order valence-corrected chi connectivity index (χ1v) is 5.17. The van der Waals surface area contributed by atoms with Crippen molar-refractivity contribution in [3.63, 3.8) is 0 Å². The summed E-state index contributed by atoms with van der Waals surface area (Å²) in [5.41, 5.74) is 0.686. The van der Waals surface area contributed by atoms with Gasteiger partial charge in [0.05, 0.1) is 11.9 Å². The molecule has 0 unspecified atom stereocenters. The van der Waals surface area contributed by atoms with E-state index in [0.29, 0.717) is 11.8 Å². The molecule has 0 radical (unpaired) electrons. The van der Waals surface area contributed by atoms with Gasteiger partial charge in [0, 0.05) is 20.0 Å². The van der Waals surface area contributed by atoms with E-state index in [1.165, 1.54) is 10.9 Å². The zero-order valence-electron chi connectivity index (χ0n) is 9.58. The number of nitrogens with one attached hydrogen (secondary N) is 2. The Morgan fingerprint density at radius 1 is 1.56 bits per heavy atom. The first-order chi connectivity index (χ1) is 8.63. The third kappa shape index (κ3) is 1.59. The lowest BCUT2D eigenvalue weighted by Crippen LogP contribution is -2.11. The fourth-order valence-corrected chi connectivity index (χ4v) is 1.64. The second-order valence-corrected chi connectivity index (χ2v) is 3.83. The molecule has 0 saturated heterocycles. The molecule has 2 aromatic heterocycles. The molecule has 0 saturated carbocycles. The van der Waals surface area contributed by atoms with Gasteiger partial charge in [-0.15, -0.1) is 0 Å². The van der Waals surface area contributed by atoms with Crippen molar-refractivity contribution in [3.8, 4) is 0 Å². The Morgan fingerprint density at radius 2 is 2.39 bits per heavy atom. The minimum absolute atomic E-state index is 0.265. The number of aromatic nitrogens is 4. The number of fused-ring (bicyclic) bond motifs is 1. The van der Waals surface area contributed by atoms with Crippen molar-refractivity contribution in [1.82, 2.24) is 19.7 Å². The zero-order valence-corrected chi connectivity index (χ0v) is 9.58. The van der Waals surface area contributed by atoms with E-state index in [0.717, 1.165) is 5.69 Å². The van der Waals surface area contributed by atoms with E-state index in [1.807, 2.05) is 0 Å². The van der Waals surface area contributed by atoms with Gasteiger partial charge in [-0.1, -0.05) is 9.98 Å². The summed E-state index contributed by atoms with van der Waals surface area (Å²) < 4.78 is 3.09. The van der Waals surface area contributed by atoms with Crippen LogP contribution in [0.3, 0.4) is 0 Å². The van der Waals surface area contributed by atoms with Crippen LogP contribution in [0.1, 0.15) is 0 Å². The summed E-state index contributed by atoms with van der Waals surface area (Å²) in [6, 6.07) is 0. The number of H-pyrrole nitrogens is 1. The average molecular weight is 244 g/mol. The predicted molar refractivity (Wildman–Crippen MR) is 66.5 cm³/mol. The highest BCUT2D eigenvalue weighted by atomic mass is 16.1. The van der Waals surface area contributed by atoms with E-state index in [4.69, 9.17) is 0 Å². The fraction of sp³-hybridized carbons (Fsp3) is 0.100. The lowest BCUT2D eigenvalue weighted by atomic mass is 10.5. The molecule has 3 heterocycles. The highest BCUT2D eigenvalue weighted by Crippen LogP contribution is 2.25. The first kappa shape index (κ1) is 10.4. The van der Waals surface area contributed by atoms with Gasteiger partial charge >= 0.3 is 11.4 Å². The Morgan fingerprint density at radius 3 is 3.11 bits per heavy atom. The molecule has 3 rings (SSSR count). The Bertz CT molecular complexity index is 724. The van der Waals surface area contributed by atoms with Crippen molar-refractivity contribution in [2.24, 2.45) is 12.0 Å².